The van der Waals surface area contributed by atoms with Crippen LogP contribution in [-0.4, -0.2) is 33.5 Å². The van der Waals surface area contributed by atoms with Gasteiger partial charge in [0.1, 0.15) is 6.04 Å². The fraction of sp³-hybridized carbons (Fsp3) is 0.333. The van der Waals surface area contributed by atoms with Crippen molar-refractivity contribution in [3.63, 3.8) is 0 Å². The molecule has 0 spiro atoms. The zero-order valence-corrected chi connectivity index (χ0v) is 11.4. The molecule has 21 heavy (non-hydrogen) atoms. The number of aromatic amines is 1. The number of nitrogens with two attached hydrogens (primary N) is 1. The first-order valence-electron chi connectivity index (χ1n) is 6.87. The highest BCUT2D eigenvalue weighted by atomic mass is 16.4. The smallest absolute Gasteiger partial charge is 0.326 e. The van der Waals surface area contributed by atoms with Gasteiger partial charge in [0.2, 0.25) is 5.91 Å². The number of aliphatic carboxylic acids is 1. The van der Waals surface area contributed by atoms with Crippen molar-refractivity contribution < 1.29 is 14.7 Å². The lowest BCUT2D eigenvalue weighted by Crippen LogP contribution is -2.50. The van der Waals surface area contributed by atoms with E-state index in [4.69, 9.17) is 5.73 Å². The van der Waals surface area contributed by atoms with Gasteiger partial charge in [-0.25, -0.2) is 4.79 Å². The van der Waals surface area contributed by atoms with Gasteiger partial charge in [-0.1, -0.05) is 18.2 Å². The van der Waals surface area contributed by atoms with Crippen molar-refractivity contribution in [1.82, 2.24) is 10.3 Å². The van der Waals surface area contributed by atoms with Gasteiger partial charge < -0.3 is 21.1 Å². The number of hydrogen-bond donors (Lipinski definition) is 4. The lowest BCUT2D eigenvalue weighted by Gasteiger charge is -2.17. The van der Waals surface area contributed by atoms with Crippen LogP contribution >= 0.6 is 0 Å². The molecular formula is C15H17N3O3. The molecule has 0 unspecified atom stereocenters. The highest BCUT2D eigenvalue weighted by molar-refractivity contribution is 5.92. The maximum atomic E-state index is 11.9. The van der Waals surface area contributed by atoms with Crippen LogP contribution in [0.4, 0.5) is 0 Å². The Balaban J connectivity index is 1.79. The van der Waals surface area contributed by atoms with Crippen LogP contribution in [0.15, 0.2) is 30.5 Å². The molecule has 1 aromatic heterocycles. The molecule has 110 valence electrons. The van der Waals surface area contributed by atoms with Crippen LogP contribution < -0.4 is 11.1 Å². The SMILES string of the molecule is NC1(C(=O)N[C@H](Cc2c[nH]c3ccccc23)C(=O)O)CC1. The Bertz CT molecular complexity index is 703. The van der Waals surface area contributed by atoms with Crippen molar-refractivity contribution in [2.45, 2.75) is 30.8 Å². The summed E-state index contributed by atoms with van der Waals surface area (Å²) in [6.45, 7) is 0. The number of carboxylic acid groups (broad SMARTS) is 1. The van der Waals surface area contributed by atoms with Gasteiger partial charge in [-0.05, 0) is 24.5 Å². The van der Waals surface area contributed by atoms with Crippen LogP contribution in [-0.2, 0) is 16.0 Å². The minimum absolute atomic E-state index is 0.223. The topological polar surface area (TPSA) is 108 Å². The monoisotopic (exact) mass is 287 g/mol. The maximum absolute atomic E-state index is 11.9. The van der Waals surface area contributed by atoms with E-state index in [1.165, 1.54) is 0 Å². The second-order valence-corrected chi connectivity index (χ2v) is 5.58. The van der Waals surface area contributed by atoms with E-state index < -0.39 is 17.6 Å². The highest BCUT2D eigenvalue weighted by Crippen LogP contribution is 2.32. The maximum Gasteiger partial charge on any atom is 0.326 e. The van der Waals surface area contributed by atoms with Crippen molar-refractivity contribution >= 4 is 22.8 Å². The molecule has 2 aromatic rings. The third-order valence-corrected chi connectivity index (χ3v) is 3.94. The van der Waals surface area contributed by atoms with Gasteiger partial charge in [-0.2, -0.15) is 0 Å². The fourth-order valence-electron chi connectivity index (χ4n) is 2.38. The van der Waals surface area contributed by atoms with E-state index in [0.29, 0.717) is 12.8 Å². The third-order valence-electron chi connectivity index (χ3n) is 3.94. The molecule has 1 aliphatic rings. The number of rotatable bonds is 5. The molecule has 1 saturated carbocycles. The highest BCUT2D eigenvalue weighted by Gasteiger charge is 2.47. The number of aromatic nitrogens is 1. The Morgan fingerprint density at radius 1 is 1.38 bits per heavy atom. The van der Waals surface area contributed by atoms with Gasteiger partial charge >= 0.3 is 5.97 Å². The minimum Gasteiger partial charge on any atom is -0.480 e. The summed E-state index contributed by atoms with van der Waals surface area (Å²) in [5, 5.41) is 12.8. The van der Waals surface area contributed by atoms with Gasteiger partial charge in [0.05, 0.1) is 5.54 Å². The van der Waals surface area contributed by atoms with Gasteiger partial charge in [0.25, 0.3) is 0 Å². The number of carbonyl (C=O) groups is 2. The molecule has 0 saturated heterocycles. The summed E-state index contributed by atoms with van der Waals surface area (Å²) < 4.78 is 0. The van der Waals surface area contributed by atoms with Crippen molar-refractivity contribution in [2.75, 3.05) is 0 Å². The van der Waals surface area contributed by atoms with Gasteiger partial charge in [-0.15, -0.1) is 0 Å². The number of fused-ring (bicyclic) bond motifs is 1. The van der Waals surface area contributed by atoms with Crippen LogP contribution in [0.1, 0.15) is 18.4 Å². The molecule has 6 nitrogen and oxygen atoms in total. The largest absolute Gasteiger partial charge is 0.480 e. The van der Waals surface area contributed by atoms with Crippen molar-refractivity contribution in [3.05, 3.63) is 36.0 Å². The van der Waals surface area contributed by atoms with E-state index in [1.54, 1.807) is 6.20 Å². The summed E-state index contributed by atoms with van der Waals surface area (Å²) in [6, 6.07) is 6.68. The Morgan fingerprint density at radius 2 is 2.10 bits per heavy atom. The molecule has 0 bridgehead atoms. The van der Waals surface area contributed by atoms with E-state index in [9.17, 15) is 14.7 Å². The molecular weight excluding hydrogens is 270 g/mol. The predicted molar refractivity (Wildman–Crippen MR) is 77.7 cm³/mol. The van der Waals surface area contributed by atoms with Crippen molar-refractivity contribution in [3.8, 4) is 0 Å². The van der Waals surface area contributed by atoms with E-state index in [1.807, 2.05) is 24.3 Å². The quantitative estimate of drug-likeness (QED) is 0.651. The Kier molecular flexibility index (Phi) is 3.17. The average molecular weight is 287 g/mol. The summed E-state index contributed by atoms with van der Waals surface area (Å²) >= 11 is 0. The predicted octanol–water partition coefficient (Wildman–Crippen LogP) is 0.771. The first-order chi connectivity index (χ1) is 9.99. The number of nitrogens with one attached hydrogen (secondary N) is 2. The molecule has 0 aliphatic heterocycles. The second kappa shape index (κ2) is 4.89. The van der Waals surface area contributed by atoms with Crippen LogP contribution in [0.3, 0.4) is 0 Å². The number of para-hydroxylation sites is 1. The Morgan fingerprint density at radius 3 is 2.76 bits per heavy atom. The molecule has 0 radical (unpaired) electrons. The fourth-order valence-corrected chi connectivity index (χ4v) is 2.38. The van der Waals surface area contributed by atoms with E-state index in [-0.39, 0.29) is 12.3 Å². The molecule has 1 aliphatic carbocycles. The van der Waals surface area contributed by atoms with Gasteiger partial charge in [0, 0.05) is 23.5 Å². The van der Waals surface area contributed by atoms with E-state index >= 15 is 0 Å². The lowest BCUT2D eigenvalue weighted by atomic mass is 10.0. The normalized spacial score (nSPS) is 17.4. The summed E-state index contributed by atoms with van der Waals surface area (Å²) in [5.74, 6) is -1.44. The number of H-pyrrole nitrogens is 1. The lowest BCUT2D eigenvalue weighted by molar-refractivity contribution is -0.142. The zero-order valence-electron chi connectivity index (χ0n) is 11.4. The molecule has 5 N–H and O–H groups in total. The molecule has 1 atom stereocenters. The van der Waals surface area contributed by atoms with Crippen LogP contribution in [0.25, 0.3) is 10.9 Å². The molecule has 6 heteroatoms. The summed E-state index contributed by atoms with van der Waals surface area (Å²) in [4.78, 5) is 26.4. The van der Waals surface area contributed by atoms with Crippen molar-refractivity contribution in [2.24, 2.45) is 5.73 Å². The van der Waals surface area contributed by atoms with Crippen LogP contribution in [0.2, 0.25) is 0 Å². The first-order valence-corrected chi connectivity index (χ1v) is 6.87. The standard InChI is InChI=1S/C15H17N3O3/c16-15(5-6-15)14(21)18-12(13(19)20)7-9-8-17-11-4-2-1-3-10(9)11/h1-4,8,12,17H,5-7,16H2,(H,18,21)(H,19,20)/t12-/m1/s1. The molecule has 1 aromatic carbocycles. The van der Waals surface area contributed by atoms with E-state index in [0.717, 1.165) is 16.5 Å². The number of benzene rings is 1. The minimum atomic E-state index is -1.06. The summed E-state index contributed by atoms with van der Waals surface area (Å²) in [6.07, 6.45) is 3.22. The van der Waals surface area contributed by atoms with Gasteiger partial charge in [-0.3, -0.25) is 4.79 Å². The number of amides is 1. The van der Waals surface area contributed by atoms with Crippen LogP contribution in [0.5, 0.6) is 0 Å². The molecule has 3 rings (SSSR count). The molecule has 1 heterocycles. The average Bonchev–Trinajstić information content (AvgIpc) is 3.09. The number of hydrogen-bond acceptors (Lipinski definition) is 3. The Labute approximate surface area is 121 Å². The third kappa shape index (κ3) is 2.62. The number of carbonyl (C=O) groups excluding carboxylic acids is 1. The summed E-state index contributed by atoms with van der Waals surface area (Å²) in [7, 11) is 0. The van der Waals surface area contributed by atoms with Crippen LogP contribution in [0, 0.1) is 0 Å². The van der Waals surface area contributed by atoms with Gasteiger partial charge in [0.15, 0.2) is 0 Å². The summed E-state index contributed by atoms with van der Waals surface area (Å²) in [5.41, 5.74) is 6.73. The molecule has 1 amide bonds. The first kappa shape index (κ1) is 13.6. The second-order valence-electron chi connectivity index (χ2n) is 5.58. The number of carboxylic acids is 1. The zero-order chi connectivity index (χ0) is 15.0. The Hall–Kier alpha value is -2.34. The van der Waals surface area contributed by atoms with Crippen molar-refractivity contribution in [1.29, 1.82) is 0 Å². The van der Waals surface area contributed by atoms with E-state index in [2.05, 4.69) is 10.3 Å². The molecule has 1 fully saturated rings.